The van der Waals surface area contributed by atoms with Gasteiger partial charge in [-0.15, -0.1) is 0 Å². The van der Waals surface area contributed by atoms with Crippen molar-refractivity contribution < 1.29 is 0 Å². The van der Waals surface area contributed by atoms with Crippen LogP contribution in [0.1, 0.15) is 0 Å². The Labute approximate surface area is 597 Å². The molecule has 482 valence electrons. The van der Waals surface area contributed by atoms with E-state index in [2.05, 4.69) is 312 Å². The van der Waals surface area contributed by atoms with E-state index in [9.17, 15) is 0 Å². The zero-order valence-electron chi connectivity index (χ0n) is 56.1. The lowest BCUT2D eigenvalue weighted by molar-refractivity contribution is 1.08. The molecule has 0 amide bonds. The van der Waals surface area contributed by atoms with Crippen LogP contribution in [0.15, 0.2) is 352 Å². The van der Waals surface area contributed by atoms with Gasteiger partial charge in [0.2, 0.25) is 0 Å². The van der Waals surface area contributed by atoms with E-state index in [1.165, 1.54) is 109 Å². The molecule has 22 aromatic rings. The van der Waals surface area contributed by atoms with Gasteiger partial charge in [-0.2, -0.15) is 0 Å². The van der Waals surface area contributed by atoms with Gasteiger partial charge in [0.05, 0.1) is 33.1 Å². The fourth-order valence-electron chi connectivity index (χ4n) is 16.4. The maximum Gasteiger partial charge on any atom is 0.164 e. The van der Waals surface area contributed by atoms with Crippen molar-refractivity contribution in [3.8, 4) is 102 Å². The highest BCUT2D eigenvalue weighted by Gasteiger charge is 2.25. The van der Waals surface area contributed by atoms with Crippen LogP contribution in [0.5, 0.6) is 0 Å². The Morgan fingerprint density at radius 2 is 0.490 bits per heavy atom. The molecule has 0 spiro atoms. The Bertz CT molecular complexity index is 7140. The Morgan fingerprint density at radius 1 is 0.163 bits per heavy atom. The van der Waals surface area contributed by atoms with Gasteiger partial charge in [-0.3, -0.25) is 0 Å². The van der Waals surface area contributed by atoms with Crippen molar-refractivity contribution in [3.05, 3.63) is 352 Å². The molecule has 0 unspecified atom stereocenters. The summed E-state index contributed by atoms with van der Waals surface area (Å²) >= 11 is 0. The highest BCUT2D eigenvalue weighted by atomic mass is 15.0. The number of rotatable bonds is 9. The molecule has 0 saturated heterocycles. The Morgan fingerprint density at radius 3 is 1.08 bits per heavy atom. The number of hydrogen-bond acceptors (Lipinski definition) is 6. The van der Waals surface area contributed by atoms with E-state index < -0.39 is 0 Å². The average Bonchev–Trinajstić information content (AvgIpc) is 0.898. The van der Waals surface area contributed by atoms with E-state index in [0.717, 1.165) is 66.4 Å². The van der Waals surface area contributed by atoms with E-state index in [1.54, 1.807) is 0 Å². The number of aromatic nitrogens is 8. The summed E-state index contributed by atoms with van der Waals surface area (Å²) in [6.07, 6.45) is 0. The number of pyridine rings is 2. The lowest BCUT2D eigenvalue weighted by Gasteiger charge is -2.17. The summed E-state index contributed by atoms with van der Waals surface area (Å²) in [5, 5.41) is 17.2. The van der Waals surface area contributed by atoms with Crippen molar-refractivity contribution in [2.24, 2.45) is 0 Å². The minimum Gasteiger partial charge on any atom is -0.308 e. The van der Waals surface area contributed by atoms with Crippen LogP contribution in [0.25, 0.3) is 210 Å². The van der Waals surface area contributed by atoms with Crippen LogP contribution >= 0.6 is 0 Å². The third-order valence-electron chi connectivity index (χ3n) is 21.0. The van der Waals surface area contributed by atoms with E-state index in [-0.39, 0.29) is 0 Å². The summed E-state index contributed by atoms with van der Waals surface area (Å²) in [6, 6.07) is 124. The van der Waals surface area contributed by atoms with Crippen LogP contribution < -0.4 is 0 Å². The number of para-hydroxylation sites is 3. The fraction of sp³-hybridized carbons (Fsp3) is 0. The van der Waals surface area contributed by atoms with Gasteiger partial charge in [0.1, 0.15) is 0 Å². The molecule has 0 aliphatic heterocycles. The molecule has 0 atom stereocenters. The quantitative estimate of drug-likeness (QED) is 0.106. The number of nitrogens with zero attached hydrogens (tertiary/aromatic N) is 8. The van der Waals surface area contributed by atoms with E-state index in [1.807, 2.05) is 48.5 Å². The summed E-state index contributed by atoms with van der Waals surface area (Å²) in [5.41, 5.74) is 19.9. The molecule has 6 aromatic heterocycles. The van der Waals surface area contributed by atoms with Crippen molar-refractivity contribution in [1.29, 1.82) is 0 Å². The summed E-state index contributed by atoms with van der Waals surface area (Å²) in [5.74, 6) is 3.87. The fourth-order valence-corrected chi connectivity index (χ4v) is 16.4. The van der Waals surface area contributed by atoms with E-state index in [4.69, 9.17) is 29.9 Å². The second-order valence-electron chi connectivity index (χ2n) is 26.7. The zero-order chi connectivity index (χ0) is 68.3. The molecule has 0 aliphatic carbocycles. The van der Waals surface area contributed by atoms with Crippen molar-refractivity contribution in [3.63, 3.8) is 0 Å². The molecule has 0 saturated carbocycles. The van der Waals surface area contributed by atoms with Crippen LogP contribution in [0, 0.1) is 0 Å². The molecule has 16 aromatic carbocycles. The topological polar surface area (TPSA) is 86.2 Å². The monoisotopic (exact) mass is 1320 g/mol. The second-order valence-corrected chi connectivity index (χ2v) is 26.7. The Balaban J connectivity index is 0.000000137. The zero-order valence-corrected chi connectivity index (χ0v) is 56.1. The first-order chi connectivity index (χ1) is 51.6. The smallest absolute Gasteiger partial charge is 0.164 e. The van der Waals surface area contributed by atoms with Gasteiger partial charge in [0.25, 0.3) is 0 Å². The number of fused-ring (bicyclic) bond motifs is 11. The third kappa shape index (κ3) is 9.32. The van der Waals surface area contributed by atoms with E-state index in [0.29, 0.717) is 34.9 Å². The van der Waals surface area contributed by atoms with Crippen LogP contribution in [-0.2, 0) is 0 Å². The van der Waals surface area contributed by atoms with Crippen LogP contribution in [0.3, 0.4) is 0 Å². The molecular weight excluding hydrogens is 1270 g/mol. The molecule has 8 heteroatoms. The summed E-state index contributed by atoms with van der Waals surface area (Å²) in [7, 11) is 0. The van der Waals surface area contributed by atoms with Gasteiger partial charge in [-0.1, -0.05) is 309 Å². The molecule has 0 radical (unpaired) electrons. The Kier molecular flexibility index (Phi) is 13.5. The second kappa shape index (κ2) is 23.8. The SMILES string of the molecule is c1ccc(-c2nc(-c3cc4c5cccc6cccc(c65)n5c6ccccc6c(c3)c45)nc(-c3ccccc3-c3ccccc3)n2)cc1.c1ccc(-c2nc(-c3ccccc3-c3ccccc3)nc(-c3ccc(-c4ccc5c6cccc7c8ccccc8n(c8cccc4c58)c67)c4ccccc34)n2)cc1. The number of hydrogen-bond donors (Lipinski definition) is 0. The number of benzene rings is 16. The van der Waals surface area contributed by atoms with Crippen molar-refractivity contribution in [1.82, 2.24) is 38.7 Å². The maximum atomic E-state index is 5.26. The summed E-state index contributed by atoms with van der Waals surface area (Å²) in [6.45, 7) is 0. The van der Waals surface area contributed by atoms with Crippen LogP contribution in [0.2, 0.25) is 0 Å². The summed E-state index contributed by atoms with van der Waals surface area (Å²) < 4.78 is 4.91. The van der Waals surface area contributed by atoms with Crippen molar-refractivity contribution in [2.75, 3.05) is 0 Å². The molecule has 0 N–H and O–H groups in total. The maximum absolute atomic E-state index is 5.26. The predicted octanol–water partition coefficient (Wildman–Crippen LogP) is 24.5. The molecule has 6 heterocycles. The first kappa shape index (κ1) is 58.8. The van der Waals surface area contributed by atoms with Gasteiger partial charge in [-0.25, -0.2) is 29.9 Å². The predicted molar refractivity (Wildman–Crippen MR) is 430 cm³/mol. The molecule has 0 fully saturated rings. The van der Waals surface area contributed by atoms with Gasteiger partial charge in [0.15, 0.2) is 34.9 Å². The van der Waals surface area contributed by atoms with Crippen molar-refractivity contribution >= 4 is 109 Å². The third-order valence-corrected chi connectivity index (χ3v) is 21.0. The van der Waals surface area contributed by atoms with Crippen molar-refractivity contribution in [2.45, 2.75) is 0 Å². The lowest BCUT2D eigenvalue weighted by atomic mass is 9.89. The largest absolute Gasteiger partial charge is 0.308 e. The molecule has 22 rings (SSSR count). The normalized spacial score (nSPS) is 11.8. The van der Waals surface area contributed by atoms with Gasteiger partial charge in [-0.05, 0) is 108 Å². The van der Waals surface area contributed by atoms with Crippen LogP contribution in [0.4, 0.5) is 0 Å². The van der Waals surface area contributed by atoms with E-state index >= 15 is 0 Å². The van der Waals surface area contributed by atoms with Gasteiger partial charge in [0, 0.05) is 76.5 Å². The standard InChI is InChI=1S/C53H32N4.C43H26N4/c1-3-15-33(16-4-1)35-19-7-10-23-45(35)52-54-51(34-17-5-2-6-18-34)55-53(56-52)46-32-30-38(36-20-8-9-21-37(36)46)39-29-31-42-44-26-13-25-43-40-22-11-12-27-47(40)57(50(43)44)48-28-14-24-41(39)49(42)48;1-3-13-27(14-4-1)31-19-7-8-21-34(31)43-45-41(29-15-5-2-6-16-29)44-42(46-43)30-25-35-32-20-9-10-23-37(32)47-38-24-12-18-28-17-11-22-33(39(28)38)36(26-30)40(35)47/h1-32H;1-26H. The molecule has 8 nitrogen and oxygen atoms in total. The first-order valence-electron chi connectivity index (χ1n) is 35.3. The highest BCUT2D eigenvalue weighted by Crippen LogP contribution is 2.47. The van der Waals surface area contributed by atoms with Gasteiger partial charge >= 0.3 is 0 Å². The summed E-state index contributed by atoms with van der Waals surface area (Å²) in [4.78, 5) is 31.0. The minimum atomic E-state index is 0.640. The lowest BCUT2D eigenvalue weighted by Crippen LogP contribution is -2.01. The first-order valence-corrected chi connectivity index (χ1v) is 35.3. The average molecular weight is 1320 g/mol. The Hall–Kier alpha value is -14.1. The molecule has 104 heavy (non-hydrogen) atoms. The molecular formula is C96H58N8. The molecule has 0 bridgehead atoms. The minimum absolute atomic E-state index is 0.640. The van der Waals surface area contributed by atoms with Gasteiger partial charge < -0.3 is 8.80 Å². The van der Waals surface area contributed by atoms with Crippen LogP contribution in [-0.4, -0.2) is 38.7 Å². The molecule has 0 aliphatic rings. The highest BCUT2D eigenvalue weighted by molar-refractivity contribution is 6.30.